The second-order valence-electron chi connectivity index (χ2n) is 3.77. The molecule has 0 fully saturated rings. The number of halogens is 1. The van der Waals surface area contributed by atoms with Gasteiger partial charge in [-0.1, -0.05) is 16.8 Å². The number of hydrogen-bond acceptors (Lipinski definition) is 6. The van der Waals surface area contributed by atoms with E-state index in [1.165, 1.54) is 22.7 Å². The maximum absolute atomic E-state index is 11.9. The van der Waals surface area contributed by atoms with E-state index in [1.807, 2.05) is 6.07 Å². The highest BCUT2D eigenvalue weighted by atomic mass is 35.5. The van der Waals surface area contributed by atoms with Gasteiger partial charge in [0.15, 0.2) is 5.13 Å². The minimum absolute atomic E-state index is 0.239. The topological polar surface area (TPSA) is 63.6 Å². The zero-order valence-corrected chi connectivity index (χ0v) is 11.9. The van der Waals surface area contributed by atoms with Crippen molar-refractivity contribution in [2.24, 2.45) is 5.16 Å². The second-order valence-corrected chi connectivity index (χ2v) is 6.38. The number of thiazole rings is 1. The summed E-state index contributed by atoms with van der Waals surface area (Å²) in [6.45, 7) is 0. The first-order valence-electron chi connectivity index (χ1n) is 5.41. The van der Waals surface area contributed by atoms with Gasteiger partial charge in [-0.2, -0.15) is 0 Å². The molecule has 1 amide bonds. The molecule has 0 saturated heterocycles. The normalized spacial score (nSPS) is 17.9. The van der Waals surface area contributed by atoms with Crippen LogP contribution in [0, 0.1) is 0 Å². The summed E-state index contributed by atoms with van der Waals surface area (Å²) in [5, 5.41) is 8.98. The van der Waals surface area contributed by atoms with Gasteiger partial charge in [-0.3, -0.25) is 10.1 Å². The first kappa shape index (κ1) is 12.6. The molecule has 1 aliphatic rings. The molecule has 3 heterocycles. The molecule has 8 heteroatoms. The predicted molar refractivity (Wildman–Crippen MR) is 76.1 cm³/mol. The first-order chi connectivity index (χ1) is 9.22. The van der Waals surface area contributed by atoms with Gasteiger partial charge in [0.1, 0.15) is 5.71 Å². The summed E-state index contributed by atoms with van der Waals surface area (Å²) < 4.78 is 0.688. The molecule has 0 aromatic carbocycles. The fourth-order valence-electron chi connectivity index (χ4n) is 1.60. The summed E-state index contributed by atoms with van der Waals surface area (Å²) in [6, 6.07) is 3.67. The average Bonchev–Trinajstić information content (AvgIpc) is 3.07. The molecule has 5 nitrogen and oxygen atoms in total. The van der Waals surface area contributed by atoms with Crippen molar-refractivity contribution < 1.29 is 9.63 Å². The van der Waals surface area contributed by atoms with Gasteiger partial charge in [0.2, 0.25) is 6.10 Å². The molecule has 1 atom stereocenters. The molecule has 2 aromatic heterocycles. The number of hydrogen-bond donors (Lipinski definition) is 1. The number of carbonyl (C=O) groups excluding carboxylic acids is 1. The summed E-state index contributed by atoms with van der Waals surface area (Å²) in [4.78, 5) is 22.0. The van der Waals surface area contributed by atoms with E-state index in [4.69, 9.17) is 16.4 Å². The van der Waals surface area contributed by atoms with Crippen LogP contribution in [-0.4, -0.2) is 22.7 Å². The zero-order valence-electron chi connectivity index (χ0n) is 9.50. The number of carbonyl (C=O) groups is 1. The van der Waals surface area contributed by atoms with Crippen LogP contribution in [0.25, 0.3) is 0 Å². The van der Waals surface area contributed by atoms with E-state index < -0.39 is 6.10 Å². The third-order valence-corrected chi connectivity index (χ3v) is 4.45. The lowest BCUT2D eigenvalue weighted by atomic mass is 10.1. The smallest absolute Gasteiger partial charge is 0.270 e. The van der Waals surface area contributed by atoms with Gasteiger partial charge < -0.3 is 4.84 Å². The van der Waals surface area contributed by atoms with E-state index in [2.05, 4.69) is 15.5 Å². The molecule has 0 spiro atoms. The van der Waals surface area contributed by atoms with Crippen LogP contribution in [-0.2, 0) is 9.63 Å². The van der Waals surface area contributed by atoms with Crippen LogP contribution in [0.15, 0.2) is 28.9 Å². The Morgan fingerprint density at radius 3 is 3.11 bits per heavy atom. The molecule has 0 aliphatic carbocycles. The highest BCUT2D eigenvalue weighted by Crippen LogP contribution is 2.26. The van der Waals surface area contributed by atoms with Gasteiger partial charge in [-0.25, -0.2) is 4.98 Å². The standard InChI is InChI=1S/C11H8ClN3O2S2/c12-9-2-1-8(19-9)6-5-7(17-15-6)10(16)14-11-13-3-4-18-11/h1-4,7H,5H2,(H,13,14,16)/t7-/m0/s1. The Morgan fingerprint density at radius 1 is 1.53 bits per heavy atom. The lowest BCUT2D eigenvalue weighted by Gasteiger charge is -2.06. The molecular weight excluding hydrogens is 306 g/mol. The predicted octanol–water partition coefficient (Wildman–Crippen LogP) is 2.99. The Kier molecular flexibility index (Phi) is 3.50. The summed E-state index contributed by atoms with van der Waals surface area (Å²) in [5.74, 6) is -0.239. The number of rotatable bonds is 3. The fourth-order valence-corrected chi connectivity index (χ4v) is 3.17. The molecule has 3 rings (SSSR count). The van der Waals surface area contributed by atoms with Crippen molar-refractivity contribution in [3.05, 3.63) is 32.9 Å². The molecule has 1 N–H and O–H groups in total. The summed E-state index contributed by atoms with van der Waals surface area (Å²) in [6.07, 6.45) is 1.46. The van der Waals surface area contributed by atoms with E-state index in [0.717, 1.165) is 10.6 Å². The second kappa shape index (κ2) is 5.28. The average molecular weight is 314 g/mol. The molecule has 0 unspecified atom stereocenters. The van der Waals surface area contributed by atoms with Crippen molar-refractivity contribution in [1.82, 2.24) is 4.98 Å². The zero-order chi connectivity index (χ0) is 13.2. The van der Waals surface area contributed by atoms with Crippen LogP contribution in [0.4, 0.5) is 5.13 Å². The quantitative estimate of drug-likeness (QED) is 0.947. The molecular formula is C11H8ClN3O2S2. The molecule has 0 saturated carbocycles. The molecule has 98 valence electrons. The molecule has 2 aromatic rings. The lowest BCUT2D eigenvalue weighted by Crippen LogP contribution is -2.27. The number of nitrogens with one attached hydrogen (secondary N) is 1. The van der Waals surface area contributed by atoms with Crippen LogP contribution >= 0.6 is 34.3 Å². The third-order valence-electron chi connectivity index (χ3n) is 2.48. The Morgan fingerprint density at radius 2 is 2.42 bits per heavy atom. The number of aromatic nitrogens is 1. The van der Waals surface area contributed by atoms with E-state index in [-0.39, 0.29) is 5.91 Å². The van der Waals surface area contributed by atoms with Crippen molar-refractivity contribution in [3.8, 4) is 0 Å². The van der Waals surface area contributed by atoms with Crippen LogP contribution in [0.5, 0.6) is 0 Å². The van der Waals surface area contributed by atoms with Gasteiger partial charge in [0.25, 0.3) is 5.91 Å². The number of thiophene rings is 1. The third kappa shape index (κ3) is 2.78. The summed E-state index contributed by atoms with van der Waals surface area (Å²) in [7, 11) is 0. The van der Waals surface area contributed by atoms with Crippen molar-refractivity contribution in [1.29, 1.82) is 0 Å². The van der Waals surface area contributed by atoms with Crippen molar-refractivity contribution in [3.63, 3.8) is 0 Å². The highest BCUT2D eigenvalue weighted by molar-refractivity contribution is 7.18. The van der Waals surface area contributed by atoms with Gasteiger partial charge in [0.05, 0.1) is 9.21 Å². The number of nitrogens with zero attached hydrogens (tertiary/aromatic N) is 2. The van der Waals surface area contributed by atoms with Gasteiger partial charge >= 0.3 is 0 Å². The lowest BCUT2D eigenvalue weighted by molar-refractivity contribution is -0.125. The number of anilines is 1. The number of amides is 1. The summed E-state index contributed by atoms with van der Waals surface area (Å²) >= 11 is 8.65. The van der Waals surface area contributed by atoms with Gasteiger partial charge in [-0.15, -0.1) is 22.7 Å². The van der Waals surface area contributed by atoms with Crippen LogP contribution in [0.3, 0.4) is 0 Å². The minimum atomic E-state index is -0.611. The molecule has 19 heavy (non-hydrogen) atoms. The largest absolute Gasteiger partial charge is 0.382 e. The van der Waals surface area contributed by atoms with Gasteiger partial charge in [-0.05, 0) is 12.1 Å². The Balaban J connectivity index is 1.63. The first-order valence-corrected chi connectivity index (χ1v) is 7.48. The molecule has 0 bridgehead atoms. The SMILES string of the molecule is O=C(Nc1nccs1)[C@@H]1CC(c2ccc(Cl)s2)=NO1. The van der Waals surface area contributed by atoms with E-state index in [9.17, 15) is 4.79 Å². The van der Waals surface area contributed by atoms with E-state index in [1.54, 1.807) is 17.6 Å². The summed E-state index contributed by atoms with van der Waals surface area (Å²) in [5.41, 5.74) is 0.746. The molecule has 1 aliphatic heterocycles. The fraction of sp³-hybridized carbons (Fsp3) is 0.182. The van der Waals surface area contributed by atoms with Gasteiger partial charge in [0, 0.05) is 18.0 Å². The Hall–Kier alpha value is -1.44. The Bertz CT molecular complexity index is 624. The van der Waals surface area contributed by atoms with Crippen LogP contribution in [0.1, 0.15) is 11.3 Å². The molecule has 0 radical (unpaired) electrons. The monoisotopic (exact) mass is 313 g/mol. The number of oxime groups is 1. The van der Waals surface area contributed by atoms with Crippen molar-refractivity contribution in [2.75, 3.05) is 5.32 Å². The minimum Gasteiger partial charge on any atom is -0.382 e. The maximum Gasteiger partial charge on any atom is 0.270 e. The maximum atomic E-state index is 11.9. The van der Waals surface area contributed by atoms with Crippen molar-refractivity contribution >= 4 is 51.0 Å². The van der Waals surface area contributed by atoms with E-state index in [0.29, 0.717) is 15.9 Å². The highest BCUT2D eigenvalue weighted by Gasteiger charge is 2.29. The van der Waals surface area contributed by atoms with Crippen LogP contribution in [0.2, 0.25) is 4.34 Å². The van der Waals surface area contributed by atoms with Crippen LogP contribution < -0.4 is 5.32 Å². The Labute approximate surface area is 121 Å². The van der Waals surface area contributed by atoms with E-state index >= 15 is 0 Å². The van der Waals surface area contributed by atoms with Crippen molar-refractivity contribution in [2.45, 2.75) is 12.5 Å².